The van der Waals surface area contributed by atoms with Gasteiger partial charge < -0.3 is 10.4 Å². The minimum absolute atomic E-state index is 0.0844. The van der Waals surface area contributed by atoms with Gasteiger partial charge in [0.2, 0.25) is 0 Å². The Labute approximate surface area is 125 Å². The van der Waals surface area contributed by atoms with Gasteiger partial charge in [-0.2, -0.15) is 0 Å². The Bertz CT molecular complexity index is 642. The molecule has 2 aromatic carbocycles. The van der Waals surface area contributed by atoms with Crippen molar-refractivity contribution in [1.29, 1.82) is 0 Å². The smallest absolute Gasteiger partial charge is 0.251 e. The highest BCUT2D eigenvalue weighted by Gasteiger charge is 2.20. The van der Waals surface area contributed by atoms with Gasteiger partial charge in [0.15, 0.2) is 0 Å². The van der Waals surface area contributed by atoms with Crippen molar-refractivity contribution in [3.05, 3.63) is 65.2 Å². The first-order valence-corrected chi connectivity index (χ1v) is 7.03. The fraction of sp³-hybridized carbons (Fsp3) is 0.278. The minimum Gasteiger partial charge on any atom is -0.508 e. The molecule has 1 amide bonds. The number of hydrogen-bond donors (Lipinski definition) is 2. The molecule has 3 heteroatoms. The number of phenolic OH excluding ortho intramolecular Hbond substituents is 1. The number of amides is 1. The molecule has 2 rings (SSSR count). The van der Waals surface area contributed by atoms with E-state index in [1.807, 2.05) is 30.3 Å². The average molecular weight is 283 g/mol. The fourth-order valence-corrected chi connectivity index (χ4v) is 2.28. The normalized spacial score (nSPS) is 11.2. The molecule has 0 fully saturated rings. The number of hydrogen-bond acceptors (Lipinski definition) is 2. The predicted octanol–water partition coefficient (Wildman–Crippen LogP) is 3.62. The van der Waals surface area contributed by atoms with Crippen LogP contribution in [-0.2, 0) is 12.0 Å². The van der Waals surface area contributed by atoms with Crippen LogP contribution in [0.25, 0.3) is 0 Å². The summed E-state index contributed by atoms with van der Waals surface area (Å²) >= 11 is 0. The second kappa shape index (κ2) is 6.00. The van der Waals surface area contributed by atoms with Crippen LogP contribution in [0.4, 0.5) is 0 Å². The Balaban J connectivity index is 2.14. The van der Waals surface area contributed by atoms with Crippen LogP contribution in [0.1, 0.15) is 42.3 Å². The van der Waals surface area contributed by atoms with E-state index < -0.39 is 0 Å². The number of phenols is 1. The lowest BCUT2D eigenvalue weighted by molar-refractivity contribution is 0.0948. The van der Waals surface area contributed by atoms with Crippen molar-refractivity contribution >= 4 is 5.91 Å². The molecule has 0 heterocycles. The van der Waals surface area contributed by atoms with Gasteiger partial charge >= 0.3 is 0 Å². The van der Waals surface area contributed by atoms with Crippen molar-refractivity contribution in [2.24, 2.45) is 0 Å². The lowest BCUT2D eigenvalue weighted by Crippen LogP contribution is -2.26. The van der Waals surface area contributed by atoms with E-state index in [0.717, 1.165) is 11.1 Å². The maximum atomic E-state index is 12.4. The van der Waals surface area contributed by atoms with E-state index in [1.54, 1.807) is 18.2 Å². The van der Waals surface area contributed by atoms with Crippen LogP contribution in [0.2, 0.25) is 0 Å². The monoisotopic (exact) mass is 283 g/mol. The molecule has 0 radical (unpaired) electrons. The van der Waals surface area contributed by atoms with E-state index in [-0.39, 0.29) is 17.1 Å². The Morgan fingerprint density at radius 2 is 1.81 bits per heavy atom. The summed E-state index contributed by atoms with van der Waals surface area (Å²) in [4.78, 5) is 12.4. The molecule has 0 unspecified atom stereocenters. The van der Waals surface area contributed by atoms with Gasteiger partial charge in [-0.1, -0.05) is 51.1 Å². The summed E-state index contributed by atoms with van der Waals surface area (Å²) in [7, 11) is 0. The fourth-order valence-electron chi connectivity index (χ4n) is 2.28. The number of carbonyl (C=O) groups is 1. The summed E-state index contributed by atoms with van der Waals surface area (Å²) < 4.78 is 0. The van der Waals surface area contributed by atoms with Gasteiger partial charge in [0.05, 0.1) is 0 Å². The maximum absolute atomic E-state index is 12.4. The zero-order valence-electron chi connectivity index (χ0n) is 12.7. The second-order valence-corrected chi connectivity index (χ2v) is 6.15. The SMILES string of the molecule is CC(C)(C)c1ccccc1C(=O)NCc1cccc(O)c1. The van der Waals surface area contributed by atoms with E-state index in [2.05, 4.69) is 26.1 Å². The number of nitrogens with one attached hydrogen (secondary N) is 1. The molecule has 0 spiro atoms. The summed E-state index contributed by atoms with van der Waals surface area (Å²) in [5.74, 6) is 0.112. The molecule has 0 aliphatic heterocycles. The first-order valence-electron chi connectivity index (χ1n) is 7.03. The number of rotatable bonds is 3. The lowest BCUT2D eigenvalue weighted by atomic mass is 9.83. The molecule has 2 N–H and O–H groups in total. The standard InChI is InChI=1S/C18H21NO2/c1-18(2,3)16-10-5-4-9-15(16)17(21)19-12-13-7-6-8-14(20)11-13/h4-11,20H,12H2,1-3H3,(H,19,21). The van der Waals surface area contributed by atoms with Crippen molar-refractivity contribution in [2.75, 3.05) is 0 Å². The molecule has 0 saturated carbocycles. The largest absolute Gasteiger partial charge is 0.508 e. The van der Waals surface area contributed by atoms with Gasteiger partial charge in [-0.15, -0.1) is 0 Å². The molecule has 110 valence electrons. The molecule has 3 nitrogen and oxygen atoms in total. The molecule has 0 bridgehead atoms. The quantitative estimate of drug-likeness (QED) is 0.904. The Kier molecular flexibility index (Phi) is 4.32. The molecule has 0 atom stereocenters. The maximum Gasteiger partial charge on any atom is 0.251 e. The molecule has 2 aromatic rings. The van der Waals surface area contributed by atoms with E-state index in [1.165, 1.54) is 0 Å². The van der Waals surface area contributed by atoms with Gasteiger partial charge in [-0.3, -0.25) is 4.79 Å². The summed E-state index contributed by atoms with van der Waals surface area (Å²) in [5, 5.41) is 12.3. The zero-order valence-corrected chi connectivity index (χ0v) is 12.7. The molecule has 0 aliphatic carbocycles. The van der Waals surface area contributed by atoms with Crippen LogP contribution >= 0.6 is 0 Å². The van der Waals surface area contributed by atoms with Crippen LogP contribution in [0.15, 0.2) is 48.5 Å². The van der Waals surface area contributed by atoms with Crippen LogP contribution in [0, 0.1) is 0 Å². The van der Waals surface area contributed by atoms with Crippen LogP contribution in [0.5, 0.6) is 5.75 Å². The van der Waals surface area contributed by atoms with Crippen molar-refractivity contribution in [3.8, 4) is 5.75 Å². The Morgan fingerprint density at radius 3 is 2.48 bits per heavy atom. The minimum atomic E-state index is -0.0936. The summed E-state index contributed by atoms with van der Waals surface area (Å²) in [6, 6.07) is 14.6. The van der Waals surface area contributed by atoms with Gasteiger partial charge in [0.1, 0.15) is 5.75 Å². The van der Waals surface area contributed by atoms with Crippen LogP contribution < -0.4 is 5.32 Å². The highest BCUT2D eigenvalue weighted by atomic mass is 16.3. The van der Waals surface area contributed by atoms with E-state index in [0.29, 0.717) is 12.1 Å². The first kappa shape index (κ1) is 15.1. The molecular weight excluding hydrogens is 262 g/mol. The zero-order chi connectivity index (χ0) is 15.5. The molecule has 0 aromatic heterocycles. The second-order valence-electron chi connectivity index (χ2n) is 6.15. The Hall–Kier alpha value is -2.29. The summed E-state index contributed by atoms with van der Waals surface area (Å²) in [6.07, 6.45) is 0. The number of carbonyl (C=O) groups excluding carboxylic acids is 1. The molecule has 21 heavy (non-hydrogen) atoms. The third kappa shape index (κ3) is 3.85. The third-order valence-corrected chi connectivity index (χ3v) is 3.34. The average Bonchev–Trinajstić information content (AvgIpc) is 2.44. The lowest BCUT2D eigenvalue weighted by Gasteiger charge is -2.22. The van der Waals surface area contributed by atoms with Crippen LogP contribution in [-0.4, -0.2) is 11.0 Å². The Morgan fingerprint density at radius 1 is 1.10 bits per heavy atom. The summed E-state index contributed by atoms with van der Waals surface area (Å²) in [6.45, 7) is 6.67. The number of aromatic hydroxyl groups is 1. The molecule has 0 saturated heterocycles. The van der Waals surface area contributed by atoms with Crippen LogP contribution in [0.3, 0.4) is 0 Å². The summed E-state index contributed by atoms with van der Waals surface area (Å²) in [5.41, 5.74) is 2.51. The predicted molar refractivity (Wildman–Crippen MR) is 84.4 cm³/mol. The van der Waals surface area contributed by atoms with Gasteiger partial charge in [0, 0.05) is 12.1 Å². The van der Waals surface area contributed by atoms with Crippen molar-refractivity contribution in [2.45, 2.75) is 32.7 Å². The van der Waals surface area contributed by atoms with Gasteiger partial charge in [-0.25, -0.2) is 0 Å². The third-order valence-electron chi connectivity index (χ3n) is 3.34. The van der Waals surface area contributed by atoms with Crippen molar-refractivity contribution < 1.29 is 9.90 Å². The van der Waals surface area contributed by atoms with E-state index in [4.69, 9.17) is 0 Å². The van der Waals surface area contributed by atoms with Gasteiger partial charge in [0.25, 0.3) is 5.91 Å². The van der Waals surface area contributed by atoms with E-state index in [9.17, 15) is 9.90 Å². The highest BCUT2D eigenvalue weighted by Crippen LogP contribution is 2.25. The van der Waals surface area contributed by atoms with E-state index >= 15 is 0 Å². The highest BCUT2D eigenvalue weighted by molar-refractivity contribution is 5.96. The topological polar surface area (TPSA) is 49.3 Å². The molecular formula is C18H21NO2. The van der Waals surface area contributed by atoms with Crippen molar-refractivity contribution in [1.82, 2.24) is 5.32 Å². The van der Waals surface area contributed by atoms with Crippen molar-refractivity contribution in [3.63, 3.8) is 0 Å². The first-order chi connectivity index (χ1) is 9.88. The van der Waals surface area contributed by atoms with Gasteiger partial charge in [-0.05, 0) is 34.7 Å². The molecule has 0 aliphatic rings. The number of benzene rings is 2.